The Hall–Kier alpha value is -2.67. The summed E-state index contributed by atoms with van der Waals surface area (Å²) in [5.41, 5.74) is 2.64. The Kier molecular flexibility index (Phi) is 6.99. The lowest BCUT2D eigenvalue weighted by Gasteiger charge is -2.32. The number of aromatic nitrogens is 1. The van der Waals surface area contributed by atoms with Gasteiger partial charge in [-0.15, -0.1) is 11.3 Å². The largest absolute Gasteiger partial charge is 0.353 e. The Balaban J connectivity index is 1.25. The van der Waals surface area contributed by atoms with E-state index in [1.54, 1.807) is 23.5 Å². The summed E-state index contributed by atoms with van der Waals surface area (Å²) in [6, 6.07) is 10.8. The Morgan fingerprint density at radius 1 is 0.971 bits per heavy atom. The van der Waals surface area contributed by atoms with Crippen molar-refractivity contribution in [2.45, 2.75) is 64.0 Å². The zero-order valence-electron chi connectivity index (χ0n) is 19.5. The first-order valence-corrected chi connectivity index (χ1v) is 13.4. The van der Waals surface area contributed by atoms with E-state index in [0.717, 1.165) is 28.6 Å². The number of halogens is 1. The maximum Gasteiger partial charge on any atom is 0.270 e. The molecule has 0 spiro atoms. The standard InChI is InChI=1S/C27H32FN3O2S/c28-21-9-7-19(8-10-21)18-31-23-13-16-34-25(23)17-24(31)27(33)30-14-11-20(12-15-30)26(32)29-22-5-3-1-2-4-6-22/h7-10,13,16-17,20,22H,1-6,11-12,14-15,18H2,(H,29,32). The number of carbonyl (C=O) groups is 2. The minimum absolute atomic E-state index is 0.00754. The van der Waals surface area contributed by atoms with E-state index in [0.29, 0.717) is 44.2 Å². The van der Waals surface area contributed by atoms with Gasteiger partial charge in [0.05, 0.1) is 10.2 Å². The molecule has 0 unspecified atom stereocenters. The van der Waals surface area contributed by atoms with Crippen LogP contribution >= 0.6 is 11.3 Å². The first kappa shape index (κ1) is 23.1. The fourth-order valence-corrected chi connectivity index (χ4v) is 6.17. The van der Waals surface area contributed by atoms with E-state index in [1.807, 2.05) is 27.0 Å². The number of thiophene rings is 1. The van der Waals surface area contributed by atoms with Gasteiger partial charge in [-0.3, -0.25) is 9.59 Å². The third kappa shape index (κ3) is 5.04. The van der Waals surface area contributed by atoms with Gasteiger partial charge in [0.2, 0.25) is 5.91 Å². The molecule has 1 aliphatic heterocycles. The van der Waals surface area contributed by atoms with Crippen molar-refractivity contribution in [2.75, 3.05) is 13.1 Å². The van der Waals surface area contributed by atoms with Crippen molar-refractivity contribution in [3.05, 3.63) is 58.9 Å². The highest BCUT2D eigenvalue weighted by molar-refractivity contribution is 7.17. The van der Waals surface area contributed by atoms with Crippen molar-refractivity contribution in [3.8, 4) is 0 Å². The predicted molar refractivity (Wildman–Crippen MR) is 134 cm³/mol. The number of nitrogens with zero attached hydrogens (tertiary/aromatic N) is 2. The molecule has 2 amide bonds. The van der Waals surface area contributed by atoms with Crippen LogP contribution in [-0.4, -0.2) is 40.4 Å². The van der Waals surface area contributed by atoms with Gasteiger partial charge in [-0.1, -0.05) is 37.8 Å². The van der Waals surface area contributed by atoms with Gasteiger partial charge < -0.3 is 14.8 Å². The molecule has 5 nitrogen and oxygen atoms in total. The Morgan fingerprint density at radius 3 is 2.38 bits per heavy atom. The highest BCUT2D eigenvalue weighted by atomic mass is 32.1. The van der Waals surface area contributed by atoms with Gasteiger partial charge in [0.15, 0.2) is 0 Å². The SMILES string of the molecule is O=C(NC1CCCCCC1)C1CCN(C(=O)c2cc3sccc3n2Cc2ccc(F)cc2)CC1. The number of carbonyl (C=O) groups excluding carboxylic acids is 2. The molecule has 1 N–H and O–H groups in total. The molecular formula is C27H32FN3O2S. The lowest BCUT2D eigenvalue weighted by atomic mass is 9.95. The van der Waals surface area contributed by atoms with Crippen LogP contribution in [0.1, 0.15) is 67.4 Å². The van der Waals surface area contributed by atoms with Crippen molar-refractivity contribution in [1.82, 2.24) is 14.8 Å². The van der Waals surface area contributed by atoms with Crippen LogP contribution < -0.4 is 5.32 Å². The monoisotopic (exact) mass is 481 g/mol. The molecule has 1 aliphatic carbocycles. The summed E-state index contributed by atoms with van der Waals surface area (Å²) in [7, 11) is 0. The minimum atomic E-state index is -0.265. The molecule has 34 heavy (non-hydrogen) atoms. The van der Waals surface area contributed by atoms with Crippen LogP contribution in [0.2, 0.25) is 0 Å². The molecule has 5 rings (SSSR count). The number of hydrogen-bond donors (Lipinski definition) is 1. The zero-order valence-corrected chi connectivity index (χ0v) is 20.3. The van der Waals surface area contributed by atoms with Crippen LogP contribution in [0.3, 0.4) is 0 Å². The number of fused-ring (bicyclic) bond motifs is 1. The number of benzene rings is 1. The molecule has 3 heterocycles. The highest BCUT2D eigenvalue weighted by Gasteiger charge is 2.30. The van der Waals surface area contributed by atoms with Crippen LogP contribution in [-0.2, 0) is 11.3 Å². The molecule has 0 atom stereocenters. The summed E-state index contributed by atoms with van der Waals surface area (Å²) in [6.45, 7) is 1.70. The molecule has 0 radical (unpaired) electrons. The summed E-state index contributed by atoms with van der Waals surface area (Å²) in [4.78, 5) is 28.2. The number of likely N-dealkylation sites (tertiary alicyclic amines) is 1. The van der Waals surface area contributed by atoms with Gasteiger partial charge in [-0.25, -0.2) is 4.39 Å². The van der Waals surface area contributed by atoms with Gasteiger partial charge >= 0.3 is 0 Å². The van der Waals surface area contributed by atoms with E-state index >= 15 is 0 Å². The summed E-state index contributed by atoms with van der Waals surface area (Å²) in [5, 5.41) is 5.31. The van der Waals surface area contributed by atoms with Crippen molar-refractivity contribution >= 4 is 33.4 Å². The zero-order chi connectivity index (χ0) is 23.5. The van der Waals surface area contributed by atoms with E-state index in [9.17, 15) is 14.0 Å². The van der Waals surface area contributed by atoms with Crippen LogP contribution in [0.15, 0.2) is 41.8 Å². The van der Waals surface area contributed by atoms with E-state index in [1.165, 1.54) is 37.8 Å². The van der Waals surface area contributed by atoms with E-state index in [2.05, 4.69) is 5.32 Å². The molecule has 1 saturated heterocycles. The van der Waals surface area contributed by atoms with Crippen molar-refractivity contribution in [1.29, 1.82) is 0 Å². The summed E-state index contributed by atoms with van der Waals surface area (Å²) < 4.78 is 16.5. The summed E-state index contributed by atoms with van der Waals surface area (Å²) >= 11 is 1.62. The first-order valence-electron chi connectivity index (χ1n) is 12.5. The molecule has 1 aromatic carbocycles. The quantitative estimate of drug-likeness (QED) is 0.484. The summed E-state index contributed by atoms with van der Waals surface area (Å²) in [5.74, 6) is -0.103. The average Bonchev–Trinajstić information content (AvgIpc) is 3.34. The fraction of sp³-hybridized carbons (Fsp3) is 0.481. The van der Waals surface area contributed by atoms with Crippen molar-refractivity contribution < 1.29 is 14.0 Å². The fourth-order valence-electron chi connectivity index (χ4n) is 5.35. The Labute approximate surface area is 203 Å². The van der Waals surface area contributed by atoms with Gasteiger partial charge in [0.1, 0.15) is 11.5 Å². The Bertz CT molecular complexity index is 1140. The van der Waals surface area contributed by atoms with Gasteiger partial charge in [0, 0.05) is 31.6 Å². The number of hydrogen-bond acceptors (Lipinski definition) is 3. The average molecular weight is 482 g/mol. The second-order valence-electron chi connectivity index (χ2n) is 9.68. The lowest BCUT2D eigenvalue weighted by molar-refractivity contribution is -0.127. The van der Waals surface area contributed by atoms with Crippen molar-refractivity contribution in [2.24, 2.45) is 5.92 Å². The predicted octanol–water partition coefficient (Wildman–Crippen LogP) is 5.58. The highest BCUT2D eigenvalue weighted by Crippen LogP contribution is 2.29. The summed E-state index contributed by atoms with van der Waals surface area (Å²) in [6.07, 6.45) is 8.53. The smallest absolute Gasteiger partial charge is 0.270 e. The lowest BCUT2D eigenvalue weighted by Crippen LogP contribution is -2.45. The second kappa shape index (κ2) is 10.3. The van der Waals surface area contributed by atoms with Crippen LogP contribution in [0.4, 0.5) is 4.39 Å². The minimum Gasteiger partial charge on any atom is -0.353 e. The van der Waals surface area contributed by atoms with Crippen LogP contribution in [0.25, 0.3) is 10.2 Å². The van der Waals surface area contributed by atoms with Crippen molar-refractivity contribution in [3.63, 3.8) is 0 Å². The molecule has 2 aliphatic rings. The van der Waals surface area contributed by atoms with Crippen LogP contribution in [0, 0.1) is 11.7 Å². The number of amides is 2. The van der Waals surface area contributed by atoms with Gasteiger partial charge in [-0.2, -0.15) is 0 Å². The third-order valence-electron chi connectivity index (χ3n) is 7.35. The number of nitrogens with one attached hydrogen (secondary N) is 1. The number of rotatable bonds is 5. The van der Waals surface area contributed by atoms with Gasteiger partial charge in [0.25, 0.3) is 5.91 Å². The molecule has 3 aromatic rings. The molecule has 7 heteroatoms. The normalized spacial score (nSPS) is 18.2. The second-order valence-corrected chi connectivity index (χ2v) is 10.6. The molecule has 180 valence electrons. The maximum atomic E-state index is 13.5. The number of piperidine rings is 1. The molecule has 1 saturated carbocycles. The van der Waals surface area contributed by atoms with E-state index < -0.39 is 0 Å². The van der Waals surface area contributed by atoms with Gasteiger partial charge in [-0.05, 0) is 60.9 Å². The molecular weight excluding hydrogens is 449 g/mol. The maximum absolute atomic E-state index is 13.5. The topological polar surface area (TPSA) is 54.3 Å². The first-order chi connectivity index (χ1) is 16.6. The molecule has 2 fully saturated rings. The van der Waals surface area contributed by atoms with E-state index in [-0.39, 0.29) is 23.5 Å². The third-order valence-corrected chi connectivity index (χ3v) is 8.20. The van der Waals surface area contributed by atoms with E-state index in [4.69, 9.17) is 0 Å². The Morgan fingerprint density at radius 2 is 1.68 bits per heavy atom. The molecule has 2 aromatic heterocycles. The van der Waals surface area contributed by atoms with Crippen LogP contribution in [0.5, 0.6) is 0 Å². The molecule has 0 bridgehead atoms.